The molecule has 210 valence electrons. The van der Waals surface area contributed by atoms with Gasteiger partial charge in [-0.15, -0.1) is 0 Å². The summed E-state index contributed by atoms with van der Waals surface area (Å²) in [5.74, 6) is -2.09. The van der Waals surface area contributed by atoms with Crippen molar-refractivity contribution in [1.29, 1.82) is 5.41 Å². The fraction of sp³-hybridized carbons (Fsp3) is 0.276. The Hall–Kier alpha value is -4.77. The summed E-state index contributed by atoms with van der Waals surface area (Å²) in [6.45, 7) is 5.47. The van der Waals surface area contributed by atoms with Crippen LogP contribution in [0.25, 0.3) is 11.1 Å². The highest BCUT2D eigenvalue weighted by Crippen LogP contribution is 2.32. The predicted octanol–water partition coefficient (Wildman–Crippen LogP) is 3.74. The van der Waals surface area contributed by atoms with Crippen molar-refractivity contribution in [3.63, 3.8) is 0 Å². The number of rotatable bonds is 11. The summed E-state index contributed by atoms with van der Waals surface area (Å²) in [5, 5.41) is 30.1. The zero-order chi connectivity index (χ0) is 29.6. The Bertz CT molecular complexity index is 1440. The third kappa shape index (κ3) is 6.80. The lowest BCUT2D eigenvalue weighted by Gasteiger charge is -2.23. The van der Waals surface area contributed by atoms with Crippen LogP contribution in [0.3, 0.4) is 0 Å². The van der Waals surface area contributed by atoms with Crippen LogP contribution in [0, 0.1) is 18.3 Å². The number of carboxylic acid groups (broad SMARTS) is 1. The Morgan fingerprint density at radius 2 is 1.75 bits per heavy atom. The maximum atomic E-state index is 13.4. The first-order valence-corrected chi connectivity index (χ1v) is 12.6. The second kappa shape index (κ2) is 12.9. The molecule has 2 aromatic carbocycles. The molecule has 0 spiro atoms. The summed E-state index contributed by atoms with van der Waals surface area (Å²) in [6, 6.07) is 12.1. The molecule has 0 atom stereocenters. The Kier molecular flexibility index (Phi) is 9.57. The molecule has 0 aliphatic rings. The predicted molar refractivity (Wildman–Crippen MR) is 151 cm³/mol. The van der Waals surface area contributed by atoms with Crippen LogP contribution < -0.4 is 15.8 Å². The van der Waals surface area contributed by atoms with Crippen molar-refractivity contribution in [3.05, 3.63) is 76.5 Å². The van der Waals surface area contributed by atoms with Gasteiger partial charge >= 0.3 is 5.97 Å². The van der Waals surface area contributed by atoms with E-state index in [0.29, 0.717) is 35.7 Å². The number of benzene rings is 2. The number of carbonyl (C=O) groups is 3. The number of hydrogen-bond donors (Lipinski definition) is 5. The summed E-state index contributed by atoms with van der Waals surface area (Å²) in [5.41, 5.74) is 7.10. The molecule has 0 radical (unpaired) electrons. The van der Waals surface area contributed by atoms with E-state index < -0.39 is 24.5 Å². The van der Waals surface area contributed by atoms with Crippen molar-refractivity contribution in [1.82, 2.24) is 9.88 Å². The van der Waals surface area contributed by atoms with E-state index in [-0.39, 0.29) is 39.7 Å². The lowest BCUT2D eigenvalue weighted by molar-refractivity contribution is 0.0541. The second-order valence-corrected chi connectivity index (χ2v) is 9.61. The molecule has 0 aliphatic carbocycles. The summed E-state index contributed by atoms with van der Waals surface area (Å²) in [7, 11) is 1.39. The molecule has 0 bridgehead atoms. The highest BCUT2D eigenvalue weighted by Gasteiger charge is 2.25. The second-order valence-electron chi connectivity index (χ2n) is 9.61. The number of hydrogen-bond acceptors (Lipinski definition) is 7. The number of carboxylic acids is 1. The van der Waals surface area contributed by atoms with Gasteiger partial charge in [-0.2, -0.15) is 0 Å². The standard InChI is InChI=1S/C29H33N5O6/c1-16(2)11-12-34(15-35)28(37)21-14-23(29(38)39)22(13-17(21)3)20-9-10-24(40-4)33-25(20)27(36)32-19-7-5-18(6-8-19)26(30)31/h5-10,13-14,16,35H,11-12,15H2,1-4H3,(H3,30,31)(H,32,36)(H,38,39). The molecule has 0 saturated heterocycles. The SMILES string of the molecule is COc1ccc(-c2cc(C)c(C(=O)N(CO)CCC(C)C)cc2C(=O)O)c(C(=O)Nc2ccc(C(=N)N)cc2)n1. The van der Waals surface area contributed by atoms with Gasteiger partial charge in [0, 0.05) is 35.0 Å². The van der Waals surface area contributed by atoms with Gasteiger partial charge in [-0.3, -0.25) is 15.0 Å². The Balaban J connectivity index is 2.08. The summed E-state index contributed by atoms with van der Waals surface area (Å²) in [4.78, 5) is 44.5. The number of aromatic nitrogens is 1. The van der Waals surface area contributed by atoms with Gasteiger partial charge in [0.05, 0.1) is 12.7 Å². The van der Waals surface area contributed by atoms with Gasteiger partial charge < -0.3 is 30.9 Å². The summed E-state index contributed by atoms with van der Waals surface area (Å²) >= 11 is 0. The van der Waals surface area contributed by atoms with Crippen LogP contribution in [0.5, 0.6) is 5.88 Å². The average Bonchev–Trinajstić information content (AvgIpc) is 2.92. The smallest absolute Gasteiger partial charge is 0.336 e. The monoisotopic (exact) mass is 547 g/mol. The quantitative estimate of drug-likeness (QED) is 0.137. The summed E-state index contributed by atoms with van der Waals surface area (Å²) in [6.07, 6.45) is 0.669. The van der Waals surface area contributed by atoms with Crippen molar-refractivity contribution < 1.29 is 29.3 Å². The minimum Gasteiger partial charge on any atom is -0.481 e. The number of aliphatic hydroxyl groups is 1. The zero-order valence-electron chi connectivity index (χ0n) is 22.8. The number of nitrogens with one attached hydrogen (secondary N) is 2. The molecule has 40 heavy (non-hydrogen) atoms. The van der Waals surface area contributed by atoms with E-state index in [9.17, 15) is 24.6 Å². The number of amidine groups is 1. The van der Waals surface area contributed by atoms with E-state index >= 15 is 0 Å². The first-order chi connectivity index (χ1) is 19.0. The topological polar surface area (TPSA) is 179 Å². The zero-order valence-corrected chi connectivity index (χ0v) is 22.8. The Morgan fingerprint density at radius 3 is 2.30 bits per heavy atom. The van der Waals surface area contributed by atoms with Gasteiger partial charge in [-0.1, -0.05) is 13.8 Å². The largest absolute Gasteiger partial charge is 0.481 e. The molecule has 0 unspecified atom stereocenters. The van der Waals surface area contributed by atoms with E-state index in [1.54, 1.807) is 31.2 Å². The van der Waals surface area contributed by atoms with Gasteiger partial charge in [-0.25, -0.2) is 9.78 Å². The van der Waals surface area contributed by atoms with Crippen LogP contribution in [-0.2, 0) is 0 Å². The molecule has 6 N–H and O–H groups in total. The van der Waals surface area contributed by atoms with Gasteiger partial charge in [0.2, 0.25) is 5.88 Å². The molecule has 0 fully saturated rings. The van der Waals surface area contributed by atoms with E-state index in [4.69, 9.17) is 15.9 Å². The molecule has 1 heterocycles. The Morgan fingerprint density at radius 1 is 1.07 bits per heavy atom. The fourth-order valence-electron chi connectivity index (χ4n) is 4.03. The lowest BCUT2D eigenvalue weighted by atomic mass is 9.92. The van der Waals surface area contributed by atoms with Gasteiger partial charge in [0.25, 0.3) is 11.8 Å². The minimum absolute atomic E-state index is 0.0927. The van der Waals surface area contributed by atoms with E-state index in [1.807, 2.05) is 13.8 Å². The van der Waals surface area contributed by atoms with Crippen molar-refractivity contribution in [2.45, 2.75) is 27.2 Å². The Labute approximate surface area is 232 Å². The van der Waals surface area contributed by atoms with Crippen LogP contribution in [0.2, 0.25) is 0 Å². The number of nitrogens with zero attached hydrogens (tertiary/aromatic N) is 2. The van der Waals surface area contributed by atoms with Crippen LogP contribution in [0.15, 0.2) is 48.5 Å². The third-order valence-corrected chi connectivity index (χ3v) is 6.30. The van der Waals surface area contributed by atoms with Gasteiger partial charge in [-0.05, 0) is 72.9 Å². The molecule has 11 nitrogen and oxygen atoms in total. The number of carbonyl (C=O) groups excluding carboxylic acids is 2. The summed E-state index contributed by atoms with van der Waals surface area (Å²) < 4.78 is 5.20. The van der Waals surface area contributed by atoms with Crippen LogP contribution >= 0.6 is 0 Å². The maximum Gasteiger partial charge on any atom is 0.336 e. The lowest BCUT2D eigenvalue weighted by Crippen LogP contribution is -2.34. The molecule has 3 rings (SSSR count). The van der Waals surface area contributed by atoms with Crippen LogP contribution in [0.1, 0.15) is 62.6 Å². The highest BCUT2D eigenvalue weighted by molar-refractivity contribution is 6.10. The first-order valence-electron chi connectivity index (χ1n) is 12.6. The third-order valence-electron chi connectivity index (χ3n) is 6.30. The molecule has 3 aromatic rings. The number of pyridine rings is 1. The molecule has 11 heteroatoms. The van der Waals surface area contributed by atoms with E-state index in [2.05, 4.69) is 10.3 Å². The number of amides is 2. The van der Waals surface area contributed by atoms with Gasteiger partial charge in [0.1, 0.15) is 18.3 Å². The molecule has 0 aliphatic heterocycles. The van der Waals surface area contributed by atoms with Crippen LogP contribution in [-0.4, -0.2) is 64.1 Å². The number of nitrogen functional groups attached to an aromatic ring is 1. The van der Waals surface area contributed by atoms with Crippen molar-refractivity contribution in [2.75, 3.05) is 25.7 Å². The van der Waals surface area contributed by atoms with E-state index in [0.717, 1.165) is 0 Å². The first kappa shape index (κ1) is 29.8. The van der Waals surface area contributed by atoms with E-state index in [1.165, 1.54) is 36.3 Å². The number of aryl methyl sites for hydroxylation is 1. The number of methoxy groups -OCH3 is 1. The number of nitrogens with two attached hydrogens (primary N) is 1. The number of aromatic carboxylic acids is 1. The van der Waals surface area contributed by atoms with Crippen molar-refractivity contribution >= 4 is 29.3 Å². The van der Waals surface area contributed by atoms with Crippen molar-refractivity contribution in [2.24, 2.45) is 11.7 Å². The number of ether oxygens (including phenoxy) is 1. The minimum atomic E-state index is -1.30. The normalized spacial score (nSPS) is 10.8. The molecular weight excluding hydrogens is 514 g/mol. The fourth-order valence-corrected chi connectivity index (χ4v) is 4.03. The van der Waals surface area contributed by atoms with Crippen molar-refractivity contribution in [3.8, 4) is 17.0 Å². The average molecular weight is 548 g/mol. The molecule has 0 saturated carbocycles. The molecule has 2 amide bonds. The van der Waals surface area contributed by atoms with Gasteiger partial charge in [0.15, 0.2) is 0 Å². The number of anilines is 1. The number of aliphatic hydroxyl groups excluding tert-OH is 1. The molecule has 1 aromatic heterocycles. The highest BCUT2D eigenvalue weighted by atomic mass is 16.5. The van der Waals surface area contributed by atoms with Crippen LogP contribution in [0.4, 0.5) is 5.69 Å². The molecular formula is C29H33N5O6. The maximum absolute atomic E-state index is 13.4.